The van der Waals surface area contributed by atoms with Crippen molar-refractivity contribution in [2.24, 2.45) is 0 Å². The van der Waals surface area contributed by atoms with Crippen molar-refractivity contribution >= 4 is 16.3 Å². The van der Waals surface area contributed by atoms with Crippen LogP contribution in [0.2, 0.25) is 0 Å². The molecule has 22 heavy (non-hydrogen) atoms. The van der Waals surface area contributed by atoms with Gasteiger partial charge in [-0.2, -0.15) is 5.10 Å². The molecule has 0 radical (unpaired) electrons. The Hall–Kier alpha value is -2.64. The molecule has 4 rings (SSSR count). The Balaban J connectivity index is 1.88. The first-order valence-electron chi connectivity index (χ1n) is 6.67. The minimum absolute atomic E-state index is 0.134. The summed E-state index contributed by atoms with van der Waals surface area (Å²) in [7, 11) is 0. The maximum atomic E-state index is 9.72. The molecule has 0 saturated carbocycles. The highest BCUT2D eigenvalue weighted by atomic mass is 32.1. The largest absolute Gasteiger partial charge is 0.390 e. The Morgan fingerprint density at radius 3 is 2.64 bits per heavy atom. The van der Waals surface area contributed by atoms with Crippen LogP contribution < -0.4 is 0 Å². The summed E-state index contributed by atoms with van der Waals surface area (Å²) in [4.78, 5) is 13.5. The van der Waals surface area contributed by atoms with Gasteiger partial charge in [-0.15, -0.1) is 0 Å². The van der Waals surface area contributed by atoms with Gasteiger partial charge < -0.3 is 5.11 Å². The maximum Gasteiger partial charge on any atom is 0.213 e. The molecular formula is C15H11N5OS. The minimum Gasteiger partial charge on any atom is -0.390 e. The molecule has 1 N–H and O–H groups in total. The molecule has 4 heterocycles. The summed E-state index contributed by atoms with van der Waals surface area (Å²) in [6.07, 6.45) is 6.90. The third kappa shape index (κ3) is 2.07. The van der Waals surface area contributed by atoms with E-state index in [9.17, 15) is 5.11 Å². The van der Waals surface area contributed by atoms with Gasteiger partial charge in [0.25, 0.3) is 0 Å². The summed E-state index contributed by atoms with van der Waals surface area (Å²) >= 11 is 1.48. The van der Waals surface area contributed by atoms with Crippen LogP contribution >= 0.6 is 11.3 Å². The van der Waals surface area contributed by atoms with E-state index in [1.807, 2.05) is 24.3 Å². The average Bonchev–Trinajstić information content (AvgIpc) is 3.14. The number of aliphatic hydroxyl groups excluding tert-OH is 1. The lowest BCUT2D eigenvalue weighted by Crippen LogP contribution is -1.96. The highest BCUT2D eigenvalue weighted by Gasteiger charge is 2.17. The third-order valence-corrected chi connectivity index (χ3v) is 4.27. The molecule has 4 aromatic heterocycles. The normalized spacial score (nSPS) is 11.1. The van der Waals surface area contributed by atoms with Gasteiger partial charge in [0.15, 0.2) is 0 Å². The number of rotatable bonds is 3. The zero-order valence-electron chi connectivity index (χ0n) is 11.4. The number of aromatic nitrogens is 5. The van der Waals surface area contributed by atoms with Gasteiger partial charge in [-0.1, -0.05) is 11.3 Å². The van der Waals surface area contributed by atoms with E-state index in [0.717, 1.165) is 26.8 Å². The van der Waals surface area contributed by atoms with Crippen molar-refractivity contribution in [2.75, 3.05) is 0 Å². The second-order valence-corrected chi connectivity index (χ2v) is 5.60. The van der Waals surface area contributed by atoms with Crippen molar-refractivity contribution < 1.29 is 5.11 Å². The maximum absolute atomic E-state index is 9.72. The van der Waals surface area contributed by atoms with E-state index in [1.165, 1.54) is 11.3 Å². The van der Waals surface area contributed by atoms with Gasteiger partial charge in [0.05, 0.1) is 18.0 Å². The number of aliphatic hydroxyl groups is 1. The molecule has 0 atom stereocenters. The molecule has 108 valence electrons. The summed E-state index contributed by atoms with van der Waals surface area (Å²) in [5.41, 5.74) is 3.24. The molecule has 0 aliphatic carbocycles. The van der Waals surface area contributed by atoms with Crippen molar-refractivity contribution in [1.82, 2.24) is 24.6 Å². The Morgan fingerprint density at radius 1 is 1.05 bits per heavy atom. The molecule has 0 aliphatic rings. The molecule has 0 saturated heterocycles. The number of fused-ring (bicyclic) bond motifs is 1. The summed E-state index contributed by atoms with van der Waals surface area (Å²) in [6, 6.07) is 7.57. The Labute approximate surface area is 129 Å². The molecule has 0 spiro atoms. The summed E-state index contributed by atoms with van der Waals surface area (Å²) in [5.74, 6) is 0. The zero-order valence-corrected chi connectivity index (χ0v) is 12.2. The smallest absolute Gasteiger partial charge is 0.213 e. The number of nitrogens with zero attached hydrogens (tertiary/aromatic N) is 5. The van der Waals surface area contributed by atoms with Crippen molar-refractivity contribution in [3.8, 4) is 21.8 Å². The SMILES string of the molecule is OCc1c(-c2cccnc2)nc2sc(-c3ccncc3)nn12. The van der Waals surface area contributed by atoms with E-state index in [-0.39, 0.29) is 6.61 Å². The van der Waals surface area contributed by atoms with Crippen LogP contribution in [0.15, 0.2) is 49.1 Å². The van der Waals surface area contributed by atoms with Gasteiger partial charge in [0.2, 0.25) is 4.96 Å². The van der Waals surface area contributed by atoms with Crippen molar-refractivity contribution in [2.45, 2.75) is 6.61 Å². The third-order valence-electron chi connectivity index (χ3n) is 3.31. The molecule has 6 nitrogen and oxygen atoms in total. The molecule has 0 unspecified atom stereocenters. The lowest BCUT2D eigenvalue weighted by molar-refractivity contribution is 0.275. The van der Waals surface area contributed by atoms with Crippen LogP contribution in [0.4, 0.5) is 0 Å². The van der Waals surface area contributed by atoms with E-state index in [4.69, 9.17) is 0 Å². The lowest BCUT2D eigenvalue weighted by Gasteiger charge is -1.99. The van der Waals surface area contributed by atoms with Gasteiger partial charge in [-0.3, -0.25) is 9.97 Å². The molecule has 0 amide bonds. The molecule has 0 fully saturated rings. The van der Waals surface area contributed by atoms with Crippen molar-refractivity contribution in [3.63, 3.8) is 0 Å². The number of pyridine rings is 2. The standard InChI is InChI=1S/C15H11N5OS/c21-9-12-13(11-2-1-5-17-8-11)18-15-20(12)19-14(22-15)10-3-6-16-7-4-10/h1-8,21H,9H2. The molecule has 4 aromatic rings. The number of hydrogen-bond acceptors (Lipinski definition) is 6. The number of imidazole rings is 1. The van der Waals surface area contributed by atoms with E-state index >= 15 is 0 Å². The summed E-state index contributed by atoms with van der Waals surface area (Å²) in [6.45, 7) is -0.134. The first kappa shape index (κ1) is 13.1. The molecule has 0 bridgehead atoms. The predicted octanol–water partition coefficient (Wildman–Crippen LogP) is 2.41. The fourth-order valence-electron chi connectivity index (χ4n) is 2.28. The predicted molar refractivity (Wildman–Crippen MR) is 83.2 cm³/mol. The van der Waals surface area contributed by atoms with Gasteiger partial charge in [0, 0.05) is 35.9 Å². The van der Waals surface area contributed by atoms with Gasteiger partial charge >= 0.3 is 0 Å². The lowest BCUT2D eigenvalue weighted by atomic mass is 10.2. The van der Waals surface area contributed by atoms with E-state index < -0.39 is 0 Å². The first-order chi connectivity index (χ1) is 10.9. The first-order valence-corrected chi connectivity index (χ1v) is 7.48. The van der Waals surface area contributed by atoms with Crippen molar-refractivity contribution in [1.29, 1.82) is 0 Å². The molecule has 7 heteroatoms. The second kappa shape index (κ2) is 5.28. The van der Waals surface area contributed by atoms with E-state index in [0.29, 0.717) is 5.69 Å². The van der Waals surface area contributed by atoms with E-state index in [1.54, 1.807) is 29.3 Å². The second-order valence-electron chi connectivity index (χ2n) is 4.64. The van der Waals surface area contributed by atoms with Gasteiger partial charge in [-0.25, -0.2) is 9.50 Å². The fourth-order valence-corrected chi connectivity index (χ4v) is 3.20. The van der Waals surface area contributed by atoms with Crippen LogP contribution in [-0.4, -0.2) is 29.7 Å². The summed E-state index contributed by atoms with van der Waals surface area (Å²) < 4.78 is 1.70. The van der Waals surface area contributed by atoms with Gasteiger partial charge in [-0.05, 0) is 24.3 Å². The highest BCUT2D eigenvalue weighted by molar-refractivity contribution is 7.19. The van der Waals surface area contributed by atoms with Gasteiger partial charge in [0.1, 0.15) is 5.01 Å². The Morgan fingerprint density at radius 2 is 1.91 bits per heavy atom. The Bertz CT molecular complexity index is 917. The monoisotopic (exact) mass is 309 g/mol. The van der Waals surface area contributed by atoms with E-state index in [2.05, 4.69) is 20.1 Å². The van der Waals surface area contributed by atoms with Crippen LogP contribution in [0.25, 0.3) is 26.8 Å². The number of hydrogen-bond donors (Lipinski definition) is 1. The average molecular weight is 309 g/mol. The fraction of sp³-hybridized carbons (Fsp3) is 0.0667. The highest BCUT2D eigenvalue weighted by Crippen LogP contribution is 2.30. The van der Waals surface area contributed by atoms with Crippen LogP contribution in [-0.2, 0) is 6.61 Å². The van der Waals surface area contributed by atoms with Crippen LogP contribution in [0.1, 0.15) is 5.69 Å². The van der Waals surface area contributed by atoms with Crippen LogP contribution in [0.3, 0.4) is 0 Å². The topological polar surface area (TPSA) is 76.2 Å². The molecular weight excluding hydrogens is 298 g/mol. The Kier molecular flexibility index (Phi) is 3.14. The zero-order chi connectivity index (χ0) is 14.9. The molecule has 0 aromatic carbocycles. The van der Waals surface area contributed by atoms with Crippen LogP contribution in [0.5, 0.6) is 0 Å². The van der Waals surface area contributed by atoms with Crippen LogP contribution in [0, 0.1) is 0 Å². The minimum atomic E-state index is -0.134. The molecule has 0 aliphatic heterocycles. The quantitative estimate of drug-likeness (QED) is 0.629. The van der Waals surface area contributed by atoms with Crippen molar-refractivity contribution in [3.05, 3.63) is 54.7 Å². The summed E-state index contributed by atoms with van der Waals surface area (Å²) in [5, 5.41) is 15.1.